The molecule has 0 saturated heterocycles. The van der Waals surface area contributed by atoms with Crippen molar-refractivity contribution in [2.24, 2.45) is 0 Å². The number of nitrogens with zero attached hydrogens (tertiary/aromatic N) is 1. The predicted molar refractivity (Wildman–Crippen MR) is 76.3 cm³/mol. The van der Waals surface area contributed by atoms with Gasteiger partial charge in [0.15, 0.2) is 0 Å². The molecule has 2 aromatic rings. The molecule has 0 radical (unpaired) electrons. The fourth-order valence-corrected chi connectivity index (χ4v) is 2.94. The summed E-state index contributed by atoms with van der Waals surface area (Å²) >= 11 is 5.71. The van der Waals surface area contributed by atoms with Gasteiger partial charge < -0.3 is 4.90 Å². The maximum absolute atomic E-state index is 13.1. The molecule has 2 nitrogen and oxygen atoms in total. The van der Waals surface area contributed by atoms with Crippen molar-refractivity contribution in [3.8, 4) is 0 Å². The third-order valence-corrected chi connectivity index (χ3v) is 3.91. The van der Waals surface area contributed by atoms with E-state index in [1.54, 1.807) is 17.0 Å². The van der Waals surface area contributed by atoms with Crippen LogP contribution in [0.15, 0.2) is 48.5 Å². The average Bonchev–Trinajstić information content (AvgIpc) is 2.47. The number of carbonyl (C=O) groups excluding carboxylic acids is 1. The van der Waals surface area contributed by atoms with Gasteiger partial charge in [0.2, 0.25) is 0 Å². The number of carbonyl (C=O) groups is 1. The number of hydrogen-bond acceptors (Lipinski definition) is 1. The van der Waals surface area contributed by atoms with Crippen molar-refractivity contribution in [2.75, 3.05) is 6.54 Å². The average molecular weight is 290 g/mol. The fraction of sp³-hybridized carbons (Fsp3) is 0.188. The molecule has 0 N–H and O–H groups in total. The molecule has 1 atom stereocenters. The molecule has 4 heteroatoms. The lowest BCUT2D eigenvalue weighted by Crippen LogP contribution is -2.37. The zero-order chi connectivity index (χ0) is 14.1. The molecule has 1 aliphatic heterocycles. The van der Waals surface area contributed by atoms with E-state index in [1.165, 1.54) is 17.7 Å². The van der Waals surface area contributed by atoms with Gasteiger partial charge in [-0.05, 0) is 46.8 Å². The zero-order valence-corrected chi connectivity index (χ0v) is 11.5. The van der Waals surface area contributed by atoms with Gasteiger partial charge in [-0.2, -0.15) is 0 Å². The van der Waals surface area contributed by atoms with E-state index < -0.39 is 5.37 Å². The van der Waals surface area contributed by atoms with Crippen molar-refractivity contribution in [2.45, 2.75) is 12.5 Å². The van der Waals surface area contributed by atoms with E-state index in [2.05, 4.69) is 6.07 Å². The lowest BCUT2D eigenvalue weighted by Gasteiger charge is -2.36. The fourth-order valence-electron chi connectivity index (χ4n) is 2.76. The highest BCUT2D eigenvalue weighted by Crippen LogP contribution is 2.35. The normalized spacial score (nSPS) is 17.7. The molecule has 0 bridgehead atoms. The summed E-state index contributed by atoms with van der Waals surface area (Å²) in [5, 5.41) is -0.478. The Morgan fingerprint density at radius 3 is 2.55 bits per heavy atom. The second-order valence-corrected chi connectivity index (χ2v) is 5.17. The molecule has 1 heterocycles. The number of halogens is 2. The van der Waals surface area contributed by atoms with Crippen LogP contribution in [-0.4, -0.2) is 16.8 Å². The number of fused-ring (bicyclic) bond motifs is 1. The van der Waals surface area contributed by atoms with E-state index >= 15 is 0 Å². The lowest BCUT2D eigenvalue weighted by molar-refractivity contribution is 0.204. The van der Waals surface area contributed by atoms with Crippen LogP contribution < -0.4 is 0 Å². The third kappa shape index (κ3) is 2.29. The molecule has 1 amide bonds. The number of rotatable bonds is 1. The molecule has 0 spiro atoms. The van der Waals surface area contributed by atoms with Crippen molar-refractivity contribution in [3.05, 3.63) is 71.0 Å². The Hall–Kier alpha value is -1.87. The Labute approximate surface area is 121 Å². The smallest absolute Gasteiger partial charge is 0.317 e. The monoisotopic (exact) mass is 289 g/mol. The van der Waals surface area contributed by atoms with E-state index in [1.807, 2.05) is 18.2 Å². The molecule has 2 aromatic carbocycles. The molecule has 0 fully saturated rings. The summed E-state index contributed by atoms with van der Waals surface area (Å²) in [6.07, 6.45) is 0.784. The summed E-state index contributed by atoms with van der Waals surface area (Å²) in [6, 6.07) is 14.0. The van der Waals surface area contributed by atoms with Gasteiger partial charge >= 0.3 is 5.37 Å². The van der Waals surface area contributed by atoms with Crippen molar-refractivity contribution in [3.63, 3.8) is 0 Å². The van der Waals surface area contributed by atoms with E-state index in [-0.39, 0.29) is 11.9 Å². The molecule has 1 unspecified atom stereocenters. The number of benzene rings is 2. The van der Waals surface area contributed by atoms with Crippen LogP contribution >= 0.6 is 11.6 Å². The summed E-state index contributed by atoms with van der Waals surface area (Å²) in [6.45, 7) is 0.571. The van der Waals surface area contributed by atoms with Crippen molar-refractivity contribution < 1.29 is 9.18 Å². The van der Waals surface area contributed by atoms with Gasteiger partial charge in [0, 0.05) is 6.54 Å². The second kappa shape index (κ2) is 5.25. The quantitative estimate of drug-likeness (QED) is 0.571. The minimum absolute atomic E-state index is 0.245. The van der Waals surface area contributed by atoms with Crippen LogP contribution in [0.5, 0.6) is 0 Å². The molecule has 102 valence electrons. The van der Waals surface area contributed by atoms with Gasteiger partial charge in [-0.25, -0.2) is 4.39 Å². The van der Waals surface area contributed by atoms with Crippen molar-refractivity contribution in [1.29, 1.82) is 0 Å². The highest BCUT2D eigenvalue weighted by Gasteiger charge is 2.30. The van der Waals surface area contributed by atoms with Gasteiger partial charge in [0.25, 0.3) is 0 Å². The van der Waals surface area contributed by atoms with E-state index in [0.717, 1.165) is 17.5 Å². The summed E-state index contributed by atoms with van der Waals surface area (Å²) in [4.78, 5) is 13.3. The van der Waals surface area contributed by atoms with Crippen LogP contribution in [0.4, 0.5) is 9.18 Å². The molecule has 0 saturated carbocycles. The molecule has 0 aliphatic carbocycles. The Morgan fingerprint density at radius 1 is 1.15 bits per heavy atom. The first kappa shape index (κ1) is 13.1. The van der Waals surface area contributed by atoms with Gasteiger partial charge in [-0.3, -0.25) is 4.79 Å². The van der Waals surface area contributed by atoms with Gasteiger partial charge in [-0.1, -0.05) is 36.4 Å². The van der Waals surface area contributed by atoms with E-state index in [4.69, 9.17) is 11.6 Å². The van der Waals surface area contributed by atoms with Crippen LogP contribution in [0.25, 0.3) is 0 Å². The minimum atomic E-state index is -0.478. The van der Waals surface area contributed by atoms with Crippen LogP contribution in [0.2, 0.25) is 0 Å². The van der Waals surface area contributed by atoms with E-state index in [0.29, 0.717) is 6.54 Å². The summed E-state index contributed by atoms with van der Waals surface area (Å²) in [5.74, 6) is -0.290. The van der Waals surface area contributed by atoms with Crippen molar-refractivity contribution in [1.82, 2.24) is 4.90 Å². The van der Waals surface area contributed by atoms with Crippen LogP contribution in [0.1, 0.15) is 22.7 Å². The summed E-state index contributed by atoms with van der Waals surface area (Å²) < 4.78 is 13.1. The molecule has 0 aromatic heterocycles. The Morgan fingerprint density at radius 2 is 1.85 bits per heavy atom. The minimum Gasteiger partial charge on any atom is -0.318 e. The first-order valence-corrected chi connectivity index (χ1v) is 6.84. The molecule has 1 aliphatic rings. The van der Waals surface area contributed by atoms with Crippen LogP contribution in [-0.2, 0) is 6.42 Å². The molecule has 20 heavy (non-hydrogen) atoms. The van der Waals surface area contributed by atoms with Gasteiger partial charge in [0.1, 0.15) is 5.82 Å². The SMILES string of the molecule is O=C(Cl)N1CCc2ccccc2C1c1ccc(F)cc1. The highest BCUT2D eigenvalue weighted by atomic mass is 35.5. The van der Waals surface area contributed by atoms with Crippen LogP contribution in [0, 0.1) is 5.82 Å². The molecular formula is C16H13ClFNO. The number of hydrogen-bond donors (Lipinski definition) is 0. The Balaban J connectivity index is 2.11. The Bertz CT molecular complexity index is 641. The zero-order valence-electron chi connectivity index (χ0n) is 10.7. The van der Waals surface area contributed by atoms with Crippen LogP contribution in [0.3, 0.4) is 0 Å². The maximum Gasteiger partial charge on any atom is 0.317 e. The maximum atomic E-state index is 13.1. The van der Waals surface area contributed by atoms with Gasteiger partial charge in [-0.15, -0.1) is 0 Å². The van der Waals surface area contributed by atoms with E-state index in [9.17, 15) is 9.18 Å². The summed E-state index contributed by atoms with van der Waals surface area (Å²) in [5.41, 5.74) is 3.13. The van der Waals surface area contributed by atoms with Gasteiger partial charge in [0.05, 0.1) is 6.04 Å². The van der Waals surface area contributed by atoms with Crippen molar-refractivity contribution >= 4 is 17.0 Å². The largest absolute Gasteiger partial charge is 0.318 e. The predicted octanol–water partition coefficient (Wildman–Crippen LogP) is 4.13. The molecule has 3 rings (SSSR count). The first-order valence-electron chi connectivity index (χ1n) is 6.46. The third-order valence-electron chi connectivity index (χ3n) is 3.69. The Kier molecular flexibility index (Phi) is 3.45. The number of amides is 1. The summed E-state index contributed by atoms with van der Waals surface area (Å²) in [7, 11) is 0. The molecular weight excluding hydrogens is 277 g/mol. The highest BCUT2D eigenvalue weighted by molar-refractivity contribution is 6.62. The topological polar surface area (TPSA) is 20.3 Å². The standard InChI is InChI=1S/C16H13ClFNO/c17-16(20)19-10-9-11-3-1-2-4-14(11)15(19)12-5-7-13(18)8-6-12/h1-8,15H,9-10H2. The second-order valence-electron chi connectivity index (χ2n) is 4.85. The lowest BCUT2D eigenvalue weighted by atomic mass is 9.88. The first-order chi connectivity index (χ1) is 9.66.